The molecule has 1 aliphatic heterocycles. The number of hydrogen-bond donors (Lipinski definition) is 1. The van der Waals surface area contributed by atoms with Crippen LogP contribution in [0.4, 0.5) is 0 Å². The van der Waals surface area contributed by atoms with Crippen LogP contribution in [0.15, 0.2) is 12.4 Å². The molecule has 0 bridgehead atoms. The van der Waals surface area contributed by atoms with Gasteiger partial charge in [0, 0.05) is 45.3 Å². The number of aryl methyl sites for hydroxylation is 1. The lowest BCUT2D eigenvalue weighted by molar-refractivity contribution is -0.134. The van der Waals surface area contributed by atoms with Crippen molar-refractivity contribution in [3.05, 3.63) is 17.4 Å². The van der Waals surface area contributed by atoms with Gasteiger partial charge < -0.3 is 15.0 Å². The molecule has 132 valence electrons. The van der Waals surface area contributed by atoms with Crippen LogP contribution in [0.25, 0.3) is 0 Å². The van der Waals surface area contributed by atoms with E-state index >= 15 is 0 Å². The summed E-state index contributed by atoms with van der Waals surface area (Å²) in [6.45, 7) is 1.87. The van der Waals surface area contributed by atoms with Gasteiger partial charge in [0.05, 0.1) is 17.3 Å². The fourth-order valence-corrected chi connectivity index (χ4v) is 3.51. The second-order valence-electron chi connectivity index (χ2n) is 6.58. The van der Waals surface area contributed by atoms with Crippen molar-refractivity contribution in [1.82, 2.24) is 20.0 Å². The number of nitrogens with one attached hydrogen (secondary N) is 1. The molecule has 2 aliphatic rings. The first-order chi connectivity index (χ1) is 11.6. The molecule has 2 atom stereocenters. The lowest BCUT2D eigenvalue weighted by Crippen LogP contribution is -2.42. The predicted octanol–water partition coefficient (Wildman–Crippen LogP) is 0.926. The minimum atomic E-state index is -0.0155. The van der Waals surface area contributed by atoms with Crippen molar-refractivity contribution in [1.29, 1.82) is 0 Å². The molecule has 24 heavy (non-hydrogen) atoms. The zero-order valence-corrected chi connectivity index (χ0v) is 14.5. The van der Waals surface area contributed by atoms with Crippen molar-refractivity contribution in [3.63, 3.8) is 0 Å². The average Bonchev–Trinajstić information content (AvgIpc) is 3.17. The first kappa shape index (κ1) is 17.2. The highest BCUT2D eigenvalue weighted by Crippen LogP contribution is 2.41. The highest BCUT2D eigenvalue weighted by atomic mass is 35.5. The third kappa shape index (κ3) is 4.27. The molecule has 1 N–H and O–H groups in total. The van der Waals surface area contributed by atoms with Gasteiger partial charge in [-0.1, -0.05) is 11.6 Å². The van der Waals surface area contributed by atoms with E-state index < -0.39 is 0 Å². The number of halogens is 1. The molecule has 0 radical (unpaired) electrons. The standard InChI is InChI=1S/C16H23ClN4O3/c1-24-10-16(23)20-8-13(11-2-3-11)14(9-20)19-15(22)4-5-21-7-12(17)6-18-21/h6-7,11,13-14H,2-5,8-10H2,1H3,(H,19,22)/t13-,14+/m1/s1. The first-order valence-corrected chi connectivity index (χ1v) is 8.68. The van der Waals surface area contributed by atoms with Crippen molar-refractivity contribution in [2.45, 2.75) is 31.8 Å². The topological polar surface area (TPSA) is 76.5 Å². The van der Waals surface area contributed by atoms with Crippen LogP contribution in [0.5, 0.6) is 0 Å². The molecule has 2 amide bonds. The number of carbonyl (C=O) groups is 2. The van der Waals surface area contributed by atoms with E-state index in [0.717, 1.165) is 0 Å². The molecule has 0 spiro atoms. The van der Waals surface area contributed by atoms with Gasteiger partial charge in [-0.2, -0.15) is 5.10 Å². The van der Waals surface area contributed by atoms with E-state index in [-0.39, 0.29) is 24.5 Å². The lowest BCUT2D eigenvalue weighted by atomic mass is 9.98. The van der Waals surface area contributed by atoms with Crippen LogP contribution in [0.2, 0.25) is 5.02 Å². The van der Waals surface area contributed by atoms with Crippen LogP contribution in [0.3, 0.4) is 0 Å². The van der Waals surface area contributed by atoms with Gasteiger partial charge in [-0.15, -0.1) is 0 Å². The van der Waals surface area contributed by atoms with Crippen molar-refractivity contribution in [2.24, 2.45) is 11.8 Å². The van der Waals surface area contributed by atoms with E-state index in [1.54, 1.807) is 17.1 Å². The molecule has 1 aliphatic carbocycles. The Bertz CT molecular complexity index is 602. The zero-order chi connectivity index (χ0) is 17.1. The Labute approximate surface area is 146 Å². The Hall–Kier alpha value is -1.60. The molecule has 3 rings (SSSR count). The van der Waals surface area contributed by atoms with Gasteiger partial charge in [-0.25, -0.2) is 0 Å². The summed E-state index contributed by atoms with van der Waals surface area (Å²) in [7, 11) is 1.52. The van der Waals surface area contributed by atoms with Crippen LogP contribution in [0.1, 0.15) is 19.3 Å². The summed E-state index contributed by atoms with van der Waals surface area (Å²) in [5.74, 6) is 0.957. The Kier molecular flexibility index (Phi) is 5.40. The molecule has 1 aromatic rings. The third-order valence-corrected chi connectivity index (χ3v) is 4.92. The van der Waals surface area contributed by atoms with Gasteiger partial charge >= 0.3 is 0 Å². The van der Waals surface area contributed by atoms with Crippen molar-refractivity contribution in [3.8, 4) is 0 Å². The number of rotatable bonds is 7. The number of carbonyl (C=O) groups excluding carboxylic acids is 2. The van der Waals surface area contributed by atoms with E-state index in [1.807, 2.05) is 4.90 Å². The summed E-state index contributed by atoms with van der Waals surface area (Å²) in [6.07, 6.45) is 5.98. The first-order valence-electron chi connectivity index (χ1n) is 8.31. The van der Waals surface area contributed by atoms with E-state index in [1.165, 1.54) is 20.0 Å². The molecule has 2 heterocycles. The number of nitrogens with zero attached hydrogens (tertiary/aromatic N) is 3. The maximum Gasteiger partial charge on any atom is 0.248 e. The molecular formula is C16H23ClN4O3. The van der Waals surface area contributed by atoms with Gasteiger partial charge in [-0.3, -0.25) is 14.3 Å². The molecule has 1 saturated heterocycles. The molecule has 0 unspecified atom stereocenters. The second-order valence-corrected chi connectivity index (χ2v) is 7.02. The number of methoxy groups -OCH3 is 1. The normalized spacial score (nSPS) is 23.5. The summed E-state index contributed by atoms with van der Waals surface area (Å²) in [6, 6.07) is 0.0343. The number of ether oxygens (including phenoxy) is 1. The fraction of sp³-hybridized carbons (Fsp3) is 0.688. The predicted molar refractivity (Wildman–Crippen MR) is 88.5 cm³/mol. The number of likely N-dealkylation sites (tertiary alicyclic amines) is 1. The molecule has 8 heteroatoms. The quantitative estimate of drug-likeness (QED) is 0.790. The lowest BCUT2D eigenvalue weighted by Gasteiger charge is -2.19. The Balaban J connectivity index is 1.52. The maximum atomic E-state index is 12.3. The van der Waals surface area contributed by atoms with E-state index in [2.05, 4.69) is 10.4 Å². The molecule has 1 aromatic heterocycles. The third-order valence-electron chi connectivity index (χ3n) is 4.73. The summed E-state index contributed by atoms with van der Waals surface area (Å²) in [5, 5.41) is 7.74. The van der Waals surface area contributed by atoms with Crippen LogP contribution in [0, 0.1) is 11.8 Å². The Morgan fingerprint density at radius 3 is 2.83 bits per heavy atom. The van der Waals surface area contributed by atoms with Crippen LogP contribution < -0.4 is 5.32 Å². The largest absolute Gasteiger partial charge is 0.375 e. The van der Waals surface area contributed by atoms with Gasteiger partial charge in [0.15, 0.2) is 0 Å². The fourth-order valence-electron chi connectivity index (χ4n) is 3.36. The molecule has 2 fully saturated rings. The zero-order valence-electron chi connectivity index (χ0n) is 13.8. The van der Waals surface area contributed by atoms with Crippen molar-refractivity contribution < 1.29 is 14.3 Å². The average molecular weight is 355 g/mol. The SMILES string of the molecule is COCC(=O)N1C[C@H](NC(=O)CCn2cc(Cl)cn2)[C@@H](C2CC2)C1. The monoisotopic (exact) mass is 354 g/mol. The highest BCUT2D eigenvalue weighted by molar-refractivity contribution is 6.30. The Morgan fingerprint density at radius 2 is 2.21 bits per heavy atom. The maximum absolute atomic E-state index is 12.3. The number of hydrogen-bond acceptors (Lipinski definition) is 4. The summed E-state index contributed by atoms with van der Waals surface area (Å²) in [5.41, 5.74) is 0. The summed E-state index contributed by atoms with van der Waals surface area (Å²) >= 11 is 5.81. The summed E-state index contributed by atoms with van der Waals surface area (Å²) < 4.78 is 6.59. The molecule has 7 nitrogen and oxygen atoms in total. The number of amides is 2. The van der Waals surface area contributed by atoms with E-state index in [0.29, 0.717) is 42.9 Å². The minimum absolute atomic E-state index is 0.00826. The molecule has 0 aromatic carbocycles. The van der Waals surface area contributed by atoms with Crippen LogP contribution in [-0.2, 0) is 20.9 Å². The molecular weight excluding hydrogens is 332 g/mol. The van der Waals surface area contributed by atoms with Gasteiger partial charge in [-0.05, 0) is 18.8 Å². The van der Waals surface area contributed by atoms with Crippen LogP contribution in [-0.4, -0.2) is 59.3 Å². The van der Waals surface area contributed by atoms with Gasteiger partial charge in [0.1, 0.15) is 6.61 Å². The van der Waals surface area contributed by atoms with E-state index in [9.17, 15) is 9.59 Å². The second kappa shape index (κ2) is 7.53. The summed E-state index contributed by atoms with van der Waals surface area (Å²) in [4.78, 5) is 26.1. The van der Waals surface area contributed by atoms with E-state index in [4.69, 9.17) is 16.3 Å². The van der Waals surface area contributed by atoms with Gasteiger partial charge in [0.2, 0.25) is 11.8 Å². The van der Waals surface area contributed by atoms with Crippen molar-refractivity contribution >= 4 is 23.4 Å². The van der Waals surface area contributed by atoms with Crippen molar-refractivity contribution in [2.75, 3.05) is 26.8 Å². The Morgan fingerprint density at radius 1 is 1.42 bits per heavy atom. The molecule has 1 saturated carbocycles. The highest BCUT2D eigenvalue weighted by Gasteiger charge is 2.44. The minimum Gasteiger partial charge on any atom is -0.375 e. The smallest absolute Gasteiger partial charge is 0.248 e. The number of aromatic nitrogens is 2. The van der Waals surface area contributed by atoms with Crippen LogP contribution >= 0.6 is 11.6 Å². The van der Waals surface area contributed by atoms with Gasteiger partial charge in [0.25, 0.3) is 0 Å².